The van der Waals surface area contributed by atoms with E-state index in [9.17, 15) is 4.79 Å². The average molecular weight is 325 g/mol. The van der Waals surface area contributed by atoms with Crippen molar-refractivity contribution in [1.29, 1.82) is 0 Å². The Bertz CT molecular complexity index is 688. The largest absolute Gasteiger partial charge is 0.465 e. The maximum atomic E-state index is 10.6. The van der Waals surface area contributed by atoms with Crippen LogP contribution >= 0.6 is 0 Å². The molecule has 2 heterocycles. The van der Waals surface area contributed by atoms with Crippen molar-refractivity contribution >= 4 is 11.8 Å². The van der Waals surface area contributed by atoms with Gasteiger partial charge in [-0.2, -0.15) is 0 Å². The molecule has 0 unspecified atom stereocenters. The number of benzene rings is 1. The topological polar surface area (TPSA) is 65.5 Å². The molecule has 2 N–H and O–H groups in total. The van der Waals surface area contributed by atoms with Gasteiger partial charge in [-0.1, -0.05) is 12.1 Å². The normalized spacial score (nSPS) is 12.9. The van der Waals surface area contributed by atoms with Crippen LogP contribution in [0.25, 0.3) is 0 Å². The first-order chi connectivity index (χ1) is 11.7. The van der Waals surface area contributed by atoms with Gasteiger partial charge in [0, 0.05) is 37.7 Å². The summed E-state index contributed by atoms with van der Waals surface area (Å²) in [6.07, 6.45) is 7.21. The van der Waals surface area contributed by atoms with E-state index in [-0.39, 0.29) is 0 Å². The number of unbranched alkanes of at least 4 members (excludes halogenated alkanes) is 1. The molecule has 3 rings (SSSR count). The predicted octanol–water partition coefficient (Wildman–Crippen LogP) is 3.23. The van der Waals surface area contributed by atoms with E-state index in [1.165, 1.54) is 29.7 Å². The van der Waals surface area contributed by atoms with Gasteiger partial charge in [-0.05, 0) is 60.6 Å². The first-order valence-electron chi connectivity index (χ1n) is 8.45. The SMILES string of the molecule is O=C(O)NCc1ccc2c(c1)CCN2CCCCc1ccncc1. The van der Waals surface area contributed by atoms with Crippen molar-refractivity contribution in [2.45, 2.75) is 32.2 Å². The van der Waals surface area contributed by atoms with E-state index in [1.54, 1.807) is 0 Å². The van der Waals surface area contributed by atoms with Crippen LogP contribution in [0.1, 0.15) is 29.5 Å². The molecule has 0 fully saturated rings. The van der Waals surface area contributed by atoms with Gasteiger partial charge in [0.05, 0.1) is 0 Å². The molecule has 0 bridgehead atoms. The zero-order chi connectivity index (χ0) is 16.8. The number of amides is 1. The monoisotopic (exact) mass is 325 g/mol. The highest BCUT2D eigenvalue weighted by Gasteiger charge is 2.18. The molecule has 0 aliphatic carbocycles. The van der Waals surface area contributed by atoms with Crippen LogP contribution in [0.5, 0.6) is 0 Å². The molecule has 0 radical (unpaired) electrons. The summed E-state index contributed by atoms with van der Waals surface area (Å²) in [5.41, 5.74) is 5.00. The number of rotatable bonds is 7. The van der Waals surface area contributed by atoms with Gasteiger partial charge in [-0.15, -0.1) is 0 Å². The molecular weight excluding hydrogens is 302 g/mol. The molecular formula is C19H23N3O2. The van der Waals surface area contributed by atoms with Gasteiger partial charge in [0.2, 0.25) is 0 Å². The Balaban J connectivity index is 1.48. The van der Waals surface area contributed by atoms with Crippen molar-refractivity contribution in [2.24, 2.45) is 0 Å². The molecule has 0 atom stereocenters. The molecule has 0 spiro atoms. The molecule has 1 amide bonds. The van der Waals surface area contributed by atoms with Gasteiger partial charge >= 0.3 is 6.09 Å². The highest BCUT2D eigenvalue weighted by atomic mass is 16.4. The van der Waals surface area contributed by atoms with Gasteiger partial charge in [0.25, 0.3) is 0 Å². The van der Waals surface area contributed by atoms with E-state index in [2.05, 4.69) is 39.5 Å². The van der Waals surface area contributed by atoms with Crippen molar-refractivity contribution in [3.05, 3.63) is 59.4 Å². The first-order valence-corrected chi connectivity index (χ1v) is 8.45. The van der Waals surface area contributed by atoms with Gasteiger partial charge in [-0.3, -0.25) is 4.98 Å². The zero-order valence-corrected chi connectivity index (χ0v) is 13.7. The zero-order valence-electron chi connectivity index (χ0n) is 13.7. The summed E-state index contributed by atoms with van der Waals surface area (Å²) in [4.78, 5) is 17.1. The number of carbonyl (C=O) groups is 1. The fraction of sp³-hybridized carbons (Fsp3) is 0.368. The van der Waals surface area contributed by atoms with Gasteiger partial charge < -0.3 is 15.3 Å². The third-order valence-corrected chi connectivity index (χ3v) is 4.47. The molecule has 5 heteroatoms. The summed E-state index contributed by atoms with van der Waals surface area (Å²) < 4.78 is 0. The standard InChI is InChI=1S/C19H23N3O2/c23-19(24)21-14-16-4-5-18-17(13-16)8-12-22(18)11-2-1-3-15-6-9-20-10-7-15/h4-7,9-10,13,21H,1-3,8,11-12,14H2,(H,23,24). The minimum Gasteiger partial charge on any atom is -0.465 e. The molecule has 0 saturated heterocycles. The summed E-state index contributed by atoms with van der Waals surface area (Å²) in [6.45, 7) is 2.50. The van der Waals surface area contributed by atoms with E-state index >= 15 is 0 Å². The van der Waals surface area contributed by atoms with Crippen molar-refractivity contribution in [1.82, 2.24) is 10.3 Å². The summed E-state index contributed by atoms with van der Waals surface area (Å²) in [7, 11) is 0. The van der Waals surface area contributed by atoms with Crippen molar-refractivity contribution < 1.29 is 9.90 Å². The van der Waals surface area contributed by atoms with E-state index in [4.69, 9.17) is 5.11 Å². The number of hydrogen-bond donors (Lipinski definition) is 2. The number of hydrogen-bond acceptors (Lipinski definition) is 3. The van der Waals surface area contributed by atoms with Gasteiger partial charge in [-0.25, -0.2) is 4.79 Å². The van der Waals surface area contributed by atoms with Crippen LogP contribution in [0.3, 0.4) is 0 Å². The Labute approximate surface area is 142 Å². The van der Waals surface area contributed by atoms with Crippen molar-refractivity contribution in [3.8, 4) is 0 Å². The third-order valence-electron chi connectivity index (χ3n) is 4.47. The minimum atomic E-state index is -0.980. The summed E-state index contributed by atoms with van der Waals surface area (Å²) in [6, 6.07) is 10.4. The highest BCUT2D eigenvalue weighted by molar-refractivity contribution is 5.65. The number of nitrogens with zero attached hydrogens (tertiary/aromatic N) is 2. The first kappa shape index (κ1) is 16.3. The number of carboxylic acid groups (broad SMARTS) is 1. The Morgan fingerprint density at radius 3 is 2.79 bits per heavy atom. The van der Waals surface area contributed by atoms with Crippen LogP contribution in [-0.4, -0.2) is 29.3 Å². The molecule has 1 aromatic heterocycles. The maximum absolute atomic E-state index is 10.6. The average Bonchev–Trinajstić information content (AvgIpc) is 3.00. The fourth-order valence-electron chi connectivity index (χ4n) is 3.22. The van der Waals surface area contributed by atoms with Crippen LogP contribution in [0, 0.1) is 0 Å². The van der Waals surface area contributed by atoms with Crippen LogP contribution in [-0.2, 0) is 19.4 Å². The van der Waals surface area contributed by atoms with E-state index in [0.29, 0.717) is 6.54 Å². The Hall–Kier alpha value is -2.56. The predicted molar refractivity (Wildman–Crippen MR) is 94.4 cm³/mol. The highest BCUT2D eigenvalue weighted by Crippen LogP contribution is 2.29. The van der Waals surface area contributed by atoms with Crippen LogP contribution in [0.2, 0.25) is 0 Å². The fourth-order valence-corrected chi connectivity index (χ4v) is 3.22. The third kappa shape index (κ3) is 4.25. The molecule has 1 aliphatic heterocycles. The van der Waals surface area contributed by atoms with Gasteiger partial charge in [0.15, 0.2) is 0 Å². The van der Waals surface area contributed by atoms with Crippen LogP contribution in [0.15, 0.2) is 42.7 Å². The molecule has 5 nitrogen and oxygen atoms in total. The number of anilines is 1. The van der Waals surface area contributed by atoms with Crippen LogP contribution < -0.4 is 10.2 Å². The number of aryl methyl sites for hydroxylation is 1. The second kappa shape index (κ2) is 7.81. The number of nitrogens with one attached hydrogen (secondary N) is 1. The molecule has 1 aliphatic rings. The maximum Gasteiger partial charge on any atom is 0.404 e. The number of pyridine rings is 1. The summed E-state index contributed by atoms with van der Waals surface area (Å²) in [5.74, 6) is 0. The lowest BCUT2D eigenvalue weighted by atomic mass is 10.1. The van der Waals surface area contributed by atoms with E-state index in [0.717, 1.165) is 31.5 Å². The molecule has 0 saturated carbocycles. The quantitative estimate of drug-likeness (QED) is 0.767. The Kier molecular flexibility index (Phi) is 5.31. The lowest BCUT2D eigenvalue weighted by Gasteiger charge is -2.19. The number of aromatic nitrogens is 1. The Morgan fingerprint density at radius 1 is 1.17 bits per heavy atom. The molecule has 2 aromatic rings. The second-order valence-electron chi connectivity index (χ2n) is 6.17. The Morgan fingerprint density at radius 2 is 2.00 bits per heavy atom. The smallest absolute Gasteiger partial charge is 0.404 e. The summed E-state index contributed by atoms with van der Waals surface area (Å²) in [5, 5.41) is 11.1. The number of fused-ring (bicyclic) bond motifs is 1. The minimum absolute atomic E-state index is 0.370. The van der Waals surface area contributed by atoms with Crippen LogP contribution in [0.4, 0.5) is 10.5 Å². The van der Waals surface area contributed by atoms with Gasteiger partial charge in [0.1, 0.15) is 0 Å². The molecule has 126 valence electrons. The lowest BCUT2D eigenvalue weighted by molar-refractivity contribution is 0.194. The summed E-state index contributed by atoms with van der Waals surface area (Å²) >= 11 is 0. The van der Waals surface area contributed by atoms with Crippen molar-refractivity contribution in [2.75, 3.05) is 18.0 Å². The lowest BCUT2D eigenvalue weighted by Crippen LogP contribution is -2.22. The van der Waals surface area contributed by atoms with E-state index < -0.39 is 6.09 Å². The molecule has 24 heavy (non-hydrogen) atoms. The van der Waals surface area contributed by atoms with E-state index in [1.807, 2.05) is 18.5 Å². The van der Waals surface area contributed by atoms with Crippen molar-refractivity contribution in [3.63, 3.8) is 0 Å². The second-order valence-corrected chi connectivity index (χ2v) is 6.17. The molecule has 1 aromatic carbocycles.